The van der Waals surface area contributed by atoms with Crippen molar-refractivity contribution in [3.63, 3.8) is 0 Å². The van der Waals surface area contributed by atoms with Gasteiger partial charge in [0.1, 0.15) is 5.82 Å². The van der Waals surface area contributed by atoms with Gasteiger partial charge in [-0.15, -0.1) is 0 Å². The molecule has 0 aliphatic carbocycles. The minimum Gasteiger partial charge on any atom is -0.379 e. The van der Waals surface area contributed by atoms with Gasteiger partial charge in [0.05, 0.1) is 30.9 Å². The predicted molar refractivity (Wildman–Crippen MR) is 107 cm³/mol. The normalized spacial score (nSPS) is 15.1. The van der Waals surface area contributed by atoms with Crippen molar-refractivity contribution in [3.8, 4) is 22.5 Å². The number of benzene rings is 1. The highest BCUT2D eigenvalue weighted by atomic mass is 19.1. The van der Waals surface area contributed by atoms with Crippen molar-refractivity contribution >= 4 is 0 Å². The first-order valence-electron chi connectivity index (χ1n) is 9.75. The number of hydrogen-bond donors (Lipinski definition) is 0. The Hall–Kier alpha value is -2.57. The SMILES string of the molecule is Cc1cc(-c2c(-c3ccc(F)cc3)ncn2CCCN2CCOCC2)ccn1. The molecule has 1 fully saturated rings. The molecule has 1 saturated heterocycles. The third-order valence-corrected chi connectivity index (χ3v) is 5.10. The molecular formula is C22H25FN4O. The van der Waals surface area contributed by atoms with Crippen molar-refractivity contribution in [2.45, 2.75) is 19.9 Å². The summed E-state index contributed by atoms with van der Waals surface area (Å²) < 4.78 is 21.0. The van der Waals surface area contributed by atoms with Crippen LogP contribution in [0.15, 0.2) is 48.9 Å². The third kappa shape index (κ3) is 4.29. The first-order chi connectivity index (χ1) is 13.7. The highest BCUT2D eigenvalue weighted by Gasteiger charge is 2.16. The number of pyridine rings is 1. The minimum absolute atomic E-state index is 0.241. The summed E-state index contributed by atoms with van der Waals surface area (Å²) in [6, 6.07) is 10.6. The van der Waals surface area contributed by atoms with E-state index in [1.807, 2.05) is 25.5 Å². The lowest BCUT2D eigenvalue weighted by Crippen LogP contribution is -2.37. The molecule has 0 radical (unpaired) electrons. The fraction of sp³-hybridized carbons (Fsp3) is 0.364. The second kappa shape index (κ2) is 8.63. The number of ether oxygens (including phenoxy) is 1. The van der Waals surface area contributed by atoms with E-state index >= 15 is 0 Å². The number of aryl methyl sites for hydroxylation is 2. The summed E-state index contributed by atoms with van der Waals surface area (Å²) in [5.74, 6) is -0.241. The van der Waals surface area contributed by atoms with Crippen molar-refractivity contribution in [1.29, 1.82) is 0 Å². The average molecular weight is 380 g/mol. The largest absolute Gasteiger partial charge is 0.379 e. The standard InChI is InChI=1S/C22H25FN4O/c1-17-15-19(7-8-24-17)22-21(18-3-5-20(23)6-4-18)25-16-27(22)10-2-9-26-11-13-28-14-12-26/h3-8,15-16H,2,9-14H2,1H3. The van der Waals surface area contributed by atoms with Crippen molar-refractivity contribution < 1.29 is 9.13 Å². The fourth-order valence-electron chi connectivity index (χ4n) is 3.66. The summed E-state index contributed by atoms with van der Waals surface area (Å²) in [6.07, 6.45) is 4.75. The van der Waals surface area contributed by atoms with Crippen molar-refractivity contribution in [2.24, 2.45) is 0 Å². The molecule has 28 heavy (non-hydrogen) atoms. The van der Waals surface area contributed by atoms with Crippen LogP contribution in [0.1, 0.15) is 12.1 Å². The molecule has 0 bridgehead atoms. The van der Waals surface area contributed by atoms with E-state index in [0.717, 1.165) is 74.0 Å². The molecule has 0 N–H and O–H groups in total. The molecular weight excluding hydrogens is 355 g/mol. The Morgan fingerprint density at radius 2 is 1.79 bits per heavy atom. The molecule has 2 aromatic heterocycles. The van der Waals surface area contributed by atoms with E-state index in [1.165, 1.54) is 12.1 Å². The van der Waals surface area contributed by atoms with Crippen molar-refractivity contribution in [3.05, 3.63) is 60.4 Å². The Bertz CT molecular complexity index is 917. The highest BCUT2D eigenvalue weighted by Crippen LogP contribution is 2.31. The smallest absolute Gasteiger partial charge is 0.123 e. The number of morpholine rings is 1. The van der Waals surface area contributed by atoms with Gasteiger partial charge >= 0.3 is 0 Å². The molecule has 3 aromatic rings. The van der Waals surface area contributed by atoms with Gasteiger partial charge in [0.25, 0.3) is 0 Å². The Kier molecular flexibility index (Phi) is 5.78. The molecule has 3 heterocycles. The quantitative estimate of drug-likeness (QED) is 0.653. The third-order valence-electron chi connectivity index (χ3n) is 5.10. The van der Waals surface area contributed by atoms with Gasteiger partial charge in [0.15, 0.2) is 0 Å². The molecule has 0 saturated carbocycles. The zero-order valence-corrected chi connectivity index (χ0v) is 16.1. The summed E-state index contributed by atoms with van der Waals surface area (Å²) >= 11 is 0. The van der Waals surface area contributed by atoms with Crippen LogP contribution in [0.4, 0.5) is 4.39 Å². The number of halogens is 1. The van der Waals surface area contributed by atoms with E-state index in [-0.39, 0.29) is 5.82 Å². The molecule has 6 heteroatoms. The van der Waals surface area contributed by atoms with Gasteiger partial charge in [0.2, 0.25) is 0 Å². The van der Waals surface area contributed by atoms with Crippen LogP contribution in [-0.4, -0.2) is 52.3 Å². The number of rotatable bonds is 6. The van der Waals surface area contributed by atoms with Gasteiger partial charge in [-0.3, -0.25) is 9.88 Å². The fourth-order valence-corrected chi connectivity index (χ4v) is 3.66. The number of hydrogen-bond acceptors (Lipinski definition) is 4. The first kappa shape index (κ1) is 18.8. The Morgan fingerprint density at radius 1 is 1.00 bits per heavy atom. The molecule has 1 aliphatic rings. The highest BCUT2D eigenvalue weighted by molar-refractivity contribution is 5.78. The van der Waals surface area contributed by atoms with Crippen LogP contribution in [0.3, 0.4) is 0 Å². The zero-order chi connectivity index (χ0) is 19.3. The lowest BCUT2D eigenvalue weighted by molar-refractivity contribution is 0.0369. The van der Waals surface area contributed by atoms with Crippen LogP contribution >= 0.6 is 0 Å². The molecule has 1 aromatic carbocycles. The molecule has 146 valence electrons. The molecule has 5 nitrogen and oxygen atoms in total. The van der Waals surface area contributed by atoms with Gasteiger partial charge in [0, 0.05) is 49.2 Å². The average Bonchev–Trinajstić information content (AvgIpc) is 3.13. The maximum atomic E-state index is 13.4. The maximum absolute atomic E-state index is 13.4. The molecule has 0 amide bonds. The van der Waals surface area contributed by atoms with E-state index in [4.69, 9.17) is 4.74 Å². The molecule has 4 rings (SSSR count). The molecule has 1 aliphatic heterocycles. The van der Waals surface area contributed by atoms with Crippen molar-refractivity contribution in [1.82, 2.24) is 19.4 Å². The summed E-state index contributed by atoms with van der Waals surface area (Å²) in [4.78, 5) is 11.4. The lowest BCUT2D eigenvalue weighted by atomic mass is 10.0. The molecule has 0 spiro atoms. The second-order valence-electron chi connectivity index (χ2n) is 7.14. The monoisotopic (exact) mass is 380 g/mol. The van der Waals surface area contributed by atoms with E-state index < -0.39 is 0 Å². The topological polar surface area (TPSA) is 43.2 Å². The Balaban J connectivity index is 1.61. The molecule has 0 atom stereocenters. The summed E-state index contributed by atoms with van der Waals surface area (Å²) in [5.41, 5.74) is 4.88. The minimum atomic E-state index is -0.241. The maximum Gasteiger partial charge on any atom is 0.123 e. The zero-order valence-electron chi connectivity index (χ0n) is 16.1. The van der Waals surface area contributed by atoms with Crippen LogP contribution in [0, 0.1) is 12.7 Å². The lowest BCUT2D eigenvalue weighted by Gasteiger charge is -2.26. The van der Waals surface area contributed by atoms with Crippen LogP contribution in [0.25, 0.3) is 22.5 Å². The van der Waals surface area contributed by atoms with Gasteiger partial charge in [-0.05, 0) is 49.7 Å². The van der Waals surface area contributed by atoms with Crippen molar-refractivity contribution in [2.75, 3.05) is 32.8 Å². The number of nitrogens with zero attached hydrogens (tertiary/aromatic N) is 4. The van der Waals surface area contributed by atoms with Gasteiger partial charge < -0.3 is 9.30 Å². The van der Waals surface area contributed by atoms with Gasteiger partial charge in [-0.25, -0.2) is 9.37 Å². The van der Waals surface area contributed by atoms with E-state index in [1.54, 1.807) is 12.1 Å². The van der Waals surface area contributed by atoms with Crippen LogP contribution < -0.4 is 0 Å². The number of imidazole rings is 1. The number of aromatic nitrogens is 3. The summed E-state index contributed by atoms with van der Waals surface area (Å²) in [7, 11) is 0. The molecule has 0 unspecified atom stereocenters. The van der Waals surface area contributed by atoms with Crippen LogP contribution in [0.5, 0.6) is 0 Å². The summed E-state index contributed by atoms with van der Waals surface area (Å²) in [5, 5.41) is 0. The van der Waals surface area contributed by atoms with Gasteiger partial charge in [-0.2, -0.15) is 0 Å². The summed E-state index contributed by atoms with van der Waals surface area (Å²) in [6.45, 7) is 7.55. The van der Waals surface area contributed by atoms with E-state index in [0.29, 0.717) is 0 Å². The predicted octanol–water partition coefficient (Wildman–Crippen LogP) is 3.78. The Morgan fingerprint density at radius 3 is 2.54 bits per heavy atom. The Labute approximate surface area is 164 Å². The van der Waals surface area contributed by atoms with Crippen LogP contribution in [0.2, 0.25) is 0 Å². The second-order valence-corrected chi connectivity index (χ2v) is 7.14. The first-order valence-corrected chi connectivity index (χ1v) is 9.75. The van der Waals surface area contributed by atoms with E-state index in [9.17, 15) is 4.39 Å². The van der Waals surface area contributed by atoms with Crippen LogP contribution in [-0.2, 0) is 11.3 Å². The van der Waals surface area contributed by atoms with Gasteiger partial charge in [-0.1, -0.05) is 0 Å². The van der Waals surface area contributed by atoms with E-state index in [2.05, 4.69) is 25.5 Å².